The van der Waals surface area contributed by atoms with Crippen LogP contribution in [-0.4, -0.2) is 29.5 Å². The van der Waals surface area contributed by atoms with Crippen LogP contribution in [-0.2, 0) is 25.7 Å². The summed E-state index contributed by atoms with van der Waals surface area (Å²) in [6.07, 6.45) is 0.627. The summed E-state index contributed by atoms with van der Waals surface area (Å²) in [7, 11) is 0. The third-order valence-corrected chi connectivity index (χ3v) is 3.11. The number of ether oxygens (including phenoxy) is 2. The van der Waals surface area contributed by atoms with Gasteiger partial charge in [-0.05, 0) is 38.8 Å². The Hall–Kier alpha value is -2.63. The first kappa shape index (κ1) is 20.4. The summed E-state index contributed by atoms with van der Waals surface area (Å²) < 4.78 is 10.4. The molecule has 1 N–H and O–H groups in total. The van der Waals surface area contributed by atoms with Gasteiger partial charge < -0.3 is 14.8 Å². The molecule has 0 unspecified atom stereocenters. The lowest BCUT2D eigenvalue weighted by molar-refractivity contribution is -0.147. The van der Waals surface area contributed by atoms with Crippen molar-refractivity contribution in [3.8, 4) is 0 Å². The molecule has 0 heterocycles. The lowest BCUT2D eigenvalue weighted by atomic mass is 10.1. The molecule has 136 valence electrons. The van der Waals surface area contributed by atoms with E-state index < -0.39 is 23.7 Å². The zero-order valence-electron chi connectivity index (χ0n) is 14.9. The number of amides is 1. The van der Waals surface area contributed by atoms with Crippen LogP contribution in [0, 0.1) is 0 Å². The molecule has 1 aromatic carbocycles. The van der Waals surface area contributed by atoms with E-state index in [0.29, 0.717) is 0 Å². The molecule has 1 rings (SSSR count). The third-order valence-electron chi connectivity index (χ3n) is 3.11. The van der Waals surface area contributed by atoms with Gasteiger partial charge in [0.05, 0.1) is 0 Å². The average molecular weight is 347 g/mol. The minimum Gasteiger partial charge on any atom is -0.459 e. The summed E-state index contributed by atoms with van der Waals surface area (Å²) in [5.41, 5.74) is 0.133. The van der Waals surface area contributed by atoms with Gasteiger partial charge in [0.1, 0.15) is 18.2 Å². The highest BCUT2D eigenvalue weighted by molar-refractivity contribution is 5.90. The highest BCUT2D eigenvalue weighted by Crippen LogP contribution is 2.10. The van der Waals surface area contributed by atoms with Crippen molar-refractivity contribution in [2.75, 3.05) is 0 Å². The number of benzene rings is 1. The van der Waals surface area contributed by atoms with E-state index in [1.807, 2.05) is 30.3 Å². The zero-order valence-corrected chi connectivity index (χ0v) is 14.9. The SMILES string of the molecule is C=CC(=O)CC[C@H](NC(=O)OC(C)(C)C)C(=O)OCc1ccccc1. The molecule has 6 heteroatoms. The number of hydrogen-bond acceptors (Lipinski definition) is 5. The van der Waals surface area contributed by atoms with Crippen LogP contribution in [0.5, 0.6) is 0 Å². The highest BCUT2D eigenvalue weighted by atomic mass is 16.6. The van der Waals surface area contributed by atoms with Crippen molar-refractivity contribution in [1.82, 2.24) is 5.32 Å². The number of nitrogens with one attached hydrogen (secondary N) is 1. The van der Waals surface area contributed by atoms with Crippen molar-refractivity contribution >= 4 is 17.8 Å². The van der Waals surface area contributed by atoms with E-state index in [1.165, 1.54) is 6.08 Å². The maximum atomic E-state index is 12.3. The molecule has 0 spiro atoms. The molecule has 0 saturated carbocycles. The Morgan fingerprint density at radius 1 is 1.20 bits per heavy atom. The largest absolute Gasteiger partial charge is 0.459 e. The summed E-state index contributed by atoms with van der Waals surface area (Å²) >= 11 is 0. The Bertz CT molecular complexity index is 604. The molecule has 1 aromatic rings. The molecule has 0 aromatic heterocycles. The first-order chi connectivity index (χ1) is 11.7. The van der Waals surface area contributed by atoms with Crippen molar-refractivity contribution in [2.45, 2.75) is 51.9 Å². The summed E-state index contributed by atoms with van der Waals surface area (Å²) in [6.45, 7) is 8.63. The van der Waals surface area contributed by atoms with E-state index in [-0.39, 0.29) is 25.2 Å². The predicted octanol–water partition coefficient (Wildman–Crippen LogP) is 3.16. The van der Waals surface area contributed by atoms with Crippen LogP contribution in [0.1, 0.15) is 39.2 Å². The fourth-order valence-corrected chi connectivity index (χ4v) is 1.92. The Balaban J connectivity index is 2.67. The number of hydrogen-bond donors (Lipinski definition) is 1. The van der Waals surface area contributed by atoms with E-state index in [4.69, 9.17) is 9.47 Å². The lowest BCUT2D eigenvalue weighted by Crippen LogP contribution is -2.44. The van der Waals surface area contributed by atoms with Crippen LogP contribution in [0.15, 0.2) is 43.0 Å². The van der Waals surface area contributed by atoms with Crippen LogP contribution >= 0.6 is 0 Å². The molecular weight excluding hydrogens is 322 g/mol. The Morgan fingerprint density at radius 2 is 1.84 bits per heavy atom. The van der Waals surface area contributed by atoms with Crippen LogP contribution in [0.4, 0.5) is 4.79 Å². The van der Waals surface area contributed by atoms with E-state index >= 15 is 0 Å². The maximum absolute atomic E-state index is 12.3. The van der Waals surface area contributed by atoms with Gasteiger partial charge in [0, 0.05) is 6.42 Å². The molecule has 25 heavy (non-hydrogen) atoms. The maximum Gasteiger partial charge on any atom is 0.408 e. The number of esters is 1. The smallest absolute Gasteiger partial charge is 0.408 e. The van der Waals surface area contributed by atoms with Crippen LogP contribution < -0.4 is 5.32 Å². The van der Waals surface area contributed by atoms with E-state index in [9.17, 15) is 14.4 Å². The number of ketones is 1. The monoisotopic (exact) mass is 347 g/mol. The zero-order chi connectivity index (χ0) is 18.9. The molecule has 0 radical (unpaired) electrons. The van der Waals surface area contributed by atoms with Gasteiger partial charge in [-0.15, -0.1) is 0 Å². The molecular formula is C19H25NO5. The molecule has 0 aliphatic carbocycles. The van der Waals surface area contributed by atoms with E-state index in [0.717, 1.165) is 5.56 Å². The van der Waals surface area contributed by atoms with Gasteiger partial charge in [-0.1, -0.05) is 36.9 Å². The van der Waals surface area contributed by atoms with Crippen molar-refractivity contribution in [1.29, 1.82) is 0 Å². The molecule has 6 nitrogen and oxygen atoms in total. The van der Waals surface area contributed by atoms with Gasteiger partial charge in [0.15, 0.2) is 5.78 Å². The molecule has 0 saturated heterocycles. The Morgan fingerprint density at radius 3 is 2.40 bits per heavy atom. The second-order valence-corrected chi connectivity index (χ2v) is 6.50. The van der Waals surface area contributed by atoms with Crippen molar-refractivity contribution in [2.24, 2.45) is 0 Å². The first-order valence-corrected chi connectivity index (χ1v) is 8.06. The number of allylic oxidation sites excluding steroid dienone is 1. The molecule has 0 fully saturated rings. The molecule has 1 atom stereocenters. The van der Waals surface area contributed by atoms with Crippen molar-refractivity contribution in [3.63, 3.8) is 0 Å². The van der Waals surface area contributed by atoms with Crippen LogP contribution in [0.3, 0.4) is 0 Å². The quantitative estimate of drug-likeness (QED) is 0.577. The topological polar surface area (TPSA) is 81.7 Å². The minimum atomic E-state index is -0.970. The van der Waals surface area contributed by atoms with Crippen LogP contribution in [0.25, 0.3) is 0 Å². The second kappa shape index (κ2) is 9.61. The number of rotatable bonds is 8. The normalized spacial score (nSPS) is 12.0. The molecule has 0 aliphatic rings. The van der Waals surface area contributed by atoms with Crippen molar-refractivity contribution < 1.29 is 23.9 Å². The first-order valence-electron chi connectivity index (χ1n) is 8.06. The summed E-state index contributed by atoms with van der Waals surface area (Å²) in [5, 5.41) is 2.47. The fourth-order valence-electron chi connectivity index (χ4n) is 1.92. The van der Waals surface area contributed by atoms with Crippen LogP contribution in [0.2, 0.25) is 0 Å². The predicted molar refractivity (Wildman–Crippen MR) is 93.8 cm³/mol. The van der Waals surface area contributed by atoms with Gasteiger partial charge in [0.25, 0.3) is 0 Å². The highest BCUT2D eigenvalue weighted by Gasteiger charge is 2.26. The summed E-state index contributed by atoms with van der Waals surface area (Å²) in [4.78, 5) is 35.6. The standard InChI is InChI=1S/C19H25NO5/c1-5-15(21)11-12-16(20-18(23)25-19(2,3)4)17(22)24-13-14-9-7-6-8-10-14/h5-10,16H,1,11-13H2,2-4H3,(H,20,23)/t16-/m0/s1. The van der Waals surface area contributed by atoms with Gasteiger partial charge >= 0.3 is 12.1 Å². The number of carbonyl (C=O) groups is 3. The third kappa shape index (κ3) is 8.69. The van der Waals surface area contributed by atoms with Gasteiger partial charge in [-0.2, -0.15) is 0 Å². The van der Waals surface area contributed by atoms with Crippen molar-refractivity contribution in [3.05, 3.63) is 48.6 Å². The Labute approximate surface area is 148 Å². The molecule has 0 aliphatic heterocycles. The number of alkyl carbamates (subject to hydrolysis) is 1. The van der Waals surface area contributed by atoms with E-state index in [2.05, 4.69) is 11.9 Å². The summed E-state index contributed by atoms with van der Waals surface area (Å²) in [6, 6.07) is 8.21. The summed E-state index contributed by atoms with van der Waals surface area (Å²) in [5.74, 6) is -0.835. The Kier molecular flexibility index (Phi) is 7.85. The van der Waals surface area contributed by atoms with Gasteiger partial charge in [-0.3, -0.25) is 4.79 Å². The molecule has 1 amide bonds. The fraction of sp³-hybridized carbons (Fsp3) is 0.421. The number of carbonyl (C=O) groups excluding carboxylic acids is 3. The minimum absolute atomic E-state index is 0.0738. The van der Waals surface area contributed by atoms with E-state index in [1.54, 1.807) is 20.8 Å². The second-order valence-electron chi connectivity index (χ2n) is 6.50. The average Bonchev–Trinajstić information content (AvgIpc) is 2.55. The molecule has 0 bridgehead atoms. The van der Waals surface area contributed by atoms with Gasteiger partial charge in [-0.25, -0.2) is 9.59 Å². The van der Waals surface area contributed by atoms with Gasteiger partial charge in [0.2, 0.25) is 0 Å². The lowest BCUT2D eigenvalue weighted by Gasteiger charge is -2.22.